The Balaban J connectivity index is 2.68. The summed E-state index contributed by atoms with van der Waals surface area (Å²) >= 11 is 8.08. The molecule has 0 atom stereocenters. The van der Waals surface area contributed by atoms with Gasteiger partial charge in [-0.1, -0.05) is 31.5 Å². The molecule has 0 unspecified atom stereocenters. The molecule has 0 aliphatic rings. The molecule has 0 aliphatic heterocycles. The van der Waals surface area contributed by atoms with Crippen molar-refractivity contribution in [3.63, 3.8) is 0 Å². The Kier molecular flexibility index (Phi) is 5.36. The van der Waals surface area contributed by atoms with Crippen LogP contribution in [-0.4, -0.2) is 10.8 Å². The zero-order chi connectivity index (χ0) is 13.1. The third kappa shape index (κ3) is 5.80. The highest BCUT2D eigenvalue weighted by molar-refractivity contribution is 8.00. The molecule has 0 heterocycles. The summed E-state index contributed by atoms with van der Waals surface area (Å²) in [6, 6.07) is 6.33. The van der Waals surface area contributed by atoms with Crippen molar-refractivity contribution in [1.82, 2.24) is 5.32 Å². The minimum absolute atomic E-state index is 0.137. The highest BCUT2D eigenvalue weighted by atomic mass is 35.5. The van der Waals surface area contributed by atoms with Gasteiger partial charge in [0.2, 0.25) is 0 Å². The van der Waals surface area contributed by atoms with E-state index in [0.29, 0.717) is 5.25 Å². The van der Waals surface area contributed by atoms with Crippen molar-refractivity contribution in [2.24, 2.45) is 0 Å². The summed E-state index contributed by atoms with van der Waals surface area (Å²) in [7, 11) is 0. The monoisotopic (exact) mass is 271 g/mol. The molecule has 0 spiro atoms. The maximum Gasteiger partial charge on any atom is 0.0545 e. The Morgan fingerprint density at radius 1 is 1.29 bits per heavy atom. The molecule has 0 fully saturated rings. The van der Waals surface area contributed by atoms with Gasteiger partial charge in [-0.2, -0.15) is 0 Å². The van der Waals surface area contributed by atoms with Gasteiger partial charge in [0, 0.05) is 22.2 Å². The van der Waals surface area contributed by atoms with Crippen LogP contribution in [0.25, 0.3) is 0 Å². The molecule has 1 rings (SSSR count). The molecule has 3 heteroatoms. The molecule has 1 N–H and O–H groups in total. The topological polar surface area (TPSA) is 12.0 Å². The lowest BCUT2D eigenvalue weighted by atomic mass is 10.1. The quantitative estimate of drug-likeness (QED) is 0.795. The molecule has 1 aromatic rings. The second-order valence-corrected chi connectivity index (χ2v) is 7.56. The molecule has 1 nitrogen and oxygen atoms in total. The van der Waals surface area contributed by atoms with Gasteiger partial charge < -0.3 is 5.32 Å². The molecule has 17 heavy (non-hydrogen) atoms. The van der Waals surface area contributed by atoms with Crippen LogP contribution in [0.4, 0.5) is 0 Å². The maximum absolute atomic E-state index is 6.27. The summed E-state index contributed by atoms with van der Waals surface area (Å²) in [4.78, 5) is 1.17. The predicted octanol–water partition coefficient (Wildman–Crippen LogP) is 4.73. The van der Waals surface area contributed by atoms with E-state index < -0.39 is 0 Å². The van der Waals surface area contributed by atoms with E-state index in [4.69, 9.17) is 11.6 Å². The maximum atomic E-state index is 6.27. The van der Waals surface area contributed by atoms with Gasteiger partial charge in [0.1, 0.15) is 0 Å². The fraction of sp³-hybridized carbons (Fsp3) is 0.571. The van der Waals surface area contributed by atoms with Crippen LogP contribution < -0.4 is 5.32 Å². The van der Waals surface area contributed by atoms with E-state index in [1.807, 2.05) is 0 Å². The van der Waals surface area contributed by atoms with E-state index in [0.717, 1.165) is 11.6 Å². The molecule has 1 aromatic carbocycles. The Hall–Kier alpha value is -0.180. The molecule has 0 aromatic heterocycles. The molecular formula is C14H22ClNS. The lowest BCUT2D eigenvalue weighted by Gasteiger charge is -2.20. The SMILES string of the molecule is CC(C)Sc1ccc(CNC(C)(C)C)cc1Cl. The molecule has 96 valence electrons. The van der Waals surface area contributed by atoms with Gasteiger partial charge in [-0.25, -0.2) is 0 Å². The van der Waals surface area contributed by atoms with E-state index >= 15 is 0 Å². The lowest BCUT2D eigenvalue weighted by molar-refractivity contribution is 0.424. The van der Waals surface area contributed by atoms with E-state index in [2.05, 4.69) is 58.1 Å². The van der Waals surface area contributed by atoms with E-state index in [1.54, 1.807) is 11.8 Å². The standard InChI is InChI=1S/C14H22ClNS/c1-10(2)17-13-7-6-11(8-12(13)15)9-16-14(3,4)5/h6-8,10,16H,9H2,1-5H3. The summed E-state index contributed by atoms with van der Waals surface area (Å²) in [6.45, 7) is 11.7. The number of rotatable bonds is 4. The number of benzene rings is 1. The number of nitrogens with one attached hydrogen (secondary N) is 1. The third-order valence-corrected chi connectivity index (χ3v) is 3.69. The molecule has 0 aliphatic carbocycles. The Morgan fingerprint density at radius 3 is 2.41 bits per heavy atom. The highest BCUT2D eigenvalue weighted by Crippen LogP contribution is 2.30. The van der Waals surface area contributed by atoms with Gasteiger partial charge in [0.25, 0.3) is 0 Å². The molecule has 0 saturated heterocycles. The first-order valence-electron chi connectivity index (χ1n) is 5.98. The summed E-state index contributed by atoms with van der Waals surface area (Å²) in [5.74, 6) is 0. The van der Waals surface area contributed by atoms with Crippen molar-refractivity contribution in [3.8, 4) is 0 Å². The van der Waals surface area contributed by atoms with Crippen LogP contribution in [0.2, 0.25) is 5.02 Å². The number of hydrogen-bond acceptors (Lipinski definition) is 2. The summed E-state index contributed by atoms with van der Waals surface area (Å²) in [5.41, 5.74) is 1.37. The van der Waals surface area contributed by atoms with Gasteiger partial charge in [0.05, 0.1) is 5.02 Å². The Bertz CT molecular complexity index is 369. The summed E-state index contributed by atoms with van der Waals surface area (Å²) in [5, 5.41) is 4.88. The highest BCUT2D eigenvalue weighted by Gasteiger charge is 2.09. The Morgan fingerprint density at radius 2 is 1.94 bits per heavy atom. The average molecular weight is 272 g/mol. The third-order valence-electron chi connectivity index (χ3n) is 2.18. The van der Waals surface area contributed by atoms with Crippen molar-refractivity contribution in [1.29, 1.82) is 0 Å². The van der Waals surface area contributed by atoms with Crippen molar-refractivity contribution >= 4 is 23.4 Å². The van der Waals surface area contributed by atoms with Gasteiger partial charge in [-0.15, -0.1) is 11.8 Å². The molecule has 0 amide bonds. The van der Waals surface area contributed by atoms with Gasteiger partial charge in [-0.05, 0) is 38.5 Å². The number of thioether (sulfide) groups is 1. The average Bonchev–Trinajstić information content (AvgIpc) is 2.17. The second kappa shape index (κ2) is 6.12. The van der Waals surface area contributed by atoms with E-state index in [1.165, 1.54) is 10.5 Å². The van der Waals surface area contributed by atoms with Gasteiger partial charge in [-0.3, -0.25) is 0 Å². The minimum Gasteiger partial charge on any atom is -0.308 e. The van der Waals surface area contributed by atoms with Crippen molar-refractivity contribution in [2.75, 3.05) is 0 Å². The smallest absolute Gasteiger partial charge is 0.0545 e. The predicted molar refractivity (Wildman–Crippen MR) is 79.0 cm³/mol. The van der Waals surface area contributed by atoms with E-state index in [-0.39, 0.29) is 5.54 Å². The van der Waals surface area contributed by atoms with Crippen molar-refractivity contribution < 1.29 is 0 Å². The number of halogens is 1. The first-order valence-corrected chi connectivity index (χ1v) is 7.24. The fourth-order valence-corrected chi connectivity index (χ4v) is 2.53. The van der Waals surface area contributed by atoms with Crippen LogP contribution in [0.3, 0.4) is 0 Å². The van der Waals surface area contributed by atoms with Crippen LogP contribution in [0.5, 0.6) is 0 Å². The summed E-state index contributed by atoms with van der Waals surface area (Å²) < 4.78 is 0. The van der Waals surface area contributed by atoms with Crippen LogP contribution in [0, 0.1) is 0 Å². The van der Waals surface area contributed by atoms with E-state index in [9.17, 15) is 0 Å². The van der Waals surface area contributed by atoms with Gasteiger partial charge in [0.15, 0.2) is 0 Å². The molecular weight excluding hydrogens is 250 g/mol. The zero-order valence-corrected chi connectivity index (χ0v) is 12.9. The van der Waals surface area contributed by atoms with Crippen LogP contribution in [0.15, 0.2) is 23.1 Å². The summed E-state index contributed by atoms with van der Waals surface area (Å²) in [6.07, 6.45) is 0. The van der Waals surface area contributed by atoms with Crippen molar-refractivity contribution in [2.45, 2.75) is 56.8 Å². The normalized spacial score (nSPS) is 12.2. The molecule has 0 radical (unpaired) electrons. The zero-order valence-electron chi connectivity index (χ0n) is 11.3. The van der Waals surface area contributed by atoms with Crippen LogP contribution >= 0.6 is 23.4 Å². The largest absolute Gasteiger partial charge is 0.308 e. The fourth-order valence-electron chi connectivity index (χ4n) is 1.37. The number of hydrogen-bond donors (Lipinski definition) is 1. The molecule has 0 saturated carbocycles. The first-order chi connectivity index (χ1) is 7.78. The Labute approximate surface area is 114 Å². The first kappa shape index (κ1) is 14.9. The minimum atomic E-state index is 0.137. The van der Waals surface area contributed by atoms with Crippen LogP contribution in [-0.2, 0) is 6.54 Å². The van der Waals surface area contributed by atoms with Crippen LogP contribution in [0.1, 0.15) is 40.2 Å². The van der Waals surface area contributed by atoms with Gasteiger partial charge >= 0.3 is 0 Å². The molecule has 0 bridgehead atoms. The second-order valence-electron chi connectivity index (χ2n) is 5.53. The lowest BCUT2D eigenvalue weighted by Crippen LogP contribution is -2.35. The van der Waals surface area contributed by atoms with Crippen molar-refractivity contribution in [3.05, 3.63) is 28.8 Å².